The van der Waals surface area contributed by atoms with Gasteiger partial charge < -0.3 is 9.32 Å². The molecule has 0 saturated carbocycles. The van der Waals surface area contributed by atoms with Crippen molar-refractivity contribution >= 4 is 81.1 Å². The van der Waals surface area contributed by atoms with Gasteiger partial charge >= 0.3 is 0 Å². The SMILES string of the molecule is c1ccc(-c2ccc(N(c3ccc(-c4ccc5c6ccccc6c6oc(-c7ccccc7)c(-c7ccccc7)c6c5c4)cc3)c3cccc4c3sc3c(-c5ccccc5)cccc34)cc2)cc1. The van der Waals surface area contributed by atoms with Crippen molar-refractivity contribution in [3.05, 3.63) is 249 Å². The molecule has 0 atom stereocenters. The first kappa shape index (κ1) is 38.9. The monoisotopic (exact) mass is 871 g/mol. The summed E-state index contributed by atoms with van der Waals surface area (Å²) in [6.07, 6.45) is 0. The van der Waals surface area contributed by atoms with Crippen LogP contribution in [0, 0.1) is 0 Å². The van der Waals surface area contributed by atoms with Crippen LogP contribution in [-0.2, 0) is 0 Å². The molecule has 13 aromatic rings. The highest BCUT2D eigenvalue weighted by molar-refractivity contribution is 7.27. The summed E-state index contributed by atoms with van der Waals surface area (Å²) in [6, 6.07) is 89.8. The smallest absolute Gasteiger partial charge is 0.143 e. The summed E-state index contributed by atoms with van der Waals surface area (Å²) in [6.45, 7) is 0. The van der Waals surface area contributed by atoms with Gasteiger partial charge in [-0.2, -0.15) is 0 Å². The van der Waals surface area contributed by atoms with Crippen LogP contribution in [0.5, 0.6) is 0 Å². The van der Waals surface area contributed by atoms with Gasteiger partial charge in [0, 0.05) is 48.7 Å². The average molecular weight is 872 g/mol. The lowest BCUT2D eigenvalue weighted by Gasteiger charge is -2.26. The van der Waals surface area contributed by atoms with Crippen molar-refractivity contribution in [1.29, 1.82) is 0 Å². The first-order valence-electron chi connectivity index (χ1n) is 22.8. The van der Waals surface area contributed by atoms with Crippen LogP contribution in [0.2, 0.25) is 0 Å². The fraction of sp³-hybridized carbons (Fsp3) is 0. The van der Waals surface area contributed by atoms with Crippen molar-refractivity contribution in [2.75, 3.05) is 4.90 Å². The number of fused-ring (bicyclic) bond motifs is 9. The lowest BCUT2D eigenvalue weighted by Crippen LogP contribution is -2.10. The van der Waals surface area contributed by atoms with Gasteiger partial charge in [0.2, 0.25) is 0 Å². The summed E-state index contributed by atoms with van der Waals surface area (Å²) in [5.74, 6) is 0.885. The van der Waals surface area contributed by atoms with Gasteiger partial charge in [0.1, 0.15) is 11.3 Å². The highest BCUT2D eigenvalue weighted by Crippen LogP contribution is 2.50. The Morgan fingerprint density at radius 2 is 0.791 bits per heavy atom. The Morgan fingerprint density at radius 1 is 0.313 bits per heavy atom. The van der Waals surface area contributed by atoms with Gasteiger partial charge in [0.25, 0.3) is 0 Å². The molecule has 0 saturated heterocycles. The topological polar surface area (TPSA) is 16.4 Å². The van der Waals surface area contributed by atoms with E-state index in [1.165, 1.54) is 58.6 Å². The Balaban J connectivity index is 0.982. The molecule has 3 heteroatoms. The van der Waals surface area contributed by atoms with E-state index in [9.17, 15) is 0 Å². The van der Waals surface area contributed by atoms with Crippen LogP contribution in [-0.4, -0.2) is 0 Å². The van der Waals surface area contributed by atoms with Gasteiger partial charge in [-0.05, 0) is 91.5 Å². The van der Waals surface area contributed by atoms with Crippen LogP contribution in [0.1, 0.15) is 0 Å². The van der Waals surface area contributed by atoms with Crippen molar-refractivity contribution in [2.24, 2.45) is 0 Å². The number of benzene rings is 11. The number of thiophene rings is 1. The van der Waals surface area contributed by atoms with Crippen molar-refractivity contribution in [1.82, 2.24) is 0 Å². The Kier molecular flexibility index (Phi) is 9.40. The van der Waals surface area contributed by atoms with E-state index in [2.05, 4.69) is 254 Å². The molecule has 0 spiro atoms. The van der Waals surface area contributed by atoms with Crippen molar-refractivity contribution in [2.45, 2.75) is 0 Å². The largest absolute Gasteiger partial charge is 0.455 e. The van der Waals surface area contributed by atoms with Gasteiger partial charge in [-0.1, -0.05) is 212 Å². The molecule has 67 heavy (non-hydrogen) atoms. The lowest BCUT2D eigenvalue weighted by atomic mass is 9.90. The standard InChI is InChI=1S/C64H41NOS/c1-5-17-42(18-6-1)43-31-36-49(37-32-43)65(58-30-16-29-56-55-28-15-27-51(63(55)67-64(56)58)45-19-7-2-8-20-45)50-38-33-44(34-39-50)48-35-40-53-52-25-13-14-26-54(52)62-60(57(53)41-48)59(46-21-9-3-10-22-46)61(66-62)47-23-11-4-12-24-47/h1-41H. The zero-order chi connectivity index (χ0) is 44.3. The van der Waals surface area contributed by atoms with E-state index in [-0.39, 0.29) is 0 Å². The summed E-state index contributed by atoms with van der Waals surface area (Å²) in [5.41, 5.74) is 14.7. The van der Waals surface area contributed by atoms with Crippen LogP contribution < -0.4 is 4.90 Å². The van der Waals surface area contributed by atoms with E-state index in [4.69, 9.17) is 4.42 Å². The second-order valence-electron chi connectivity index (χ2n) is 17.1. The molecule has 2 heterocycles. The second-order valence-corrected chi connectivity index (χ2v) is 18.2. The van der Waals surface area contributed by atoms with Crippen molar-refractivity contribution in [3.63, 3.8) is 0 Å². The molecule has 0 N–H and O–H groups in total. The maximum atomic E-state index is 7.04. The van der Waals surface area contributed by atoms with E-state index in [0.29, 0.717) is 0 Å². The minimum Gasteiger partial charge on any atom is -0.455 e. The summed E-state index contributed by atoms with van der Waals surface area (Å²) in [5, 5.41) is 8.35. The number of nitrogens with zero attached hydrogens (tertiary/aromatic N) is 1. The maximum Gasteiger partial charge on any atom is 0.143 e. The van der Waals surface area contributed by atoms with Crippen molar-refractivity contribution < 1.29 is 4.42 Å². The minimum atomic E-state index is 0.885. The Hall–Kier alpha value is -8.50. The van der Waals surface area contributed by atoms with Gasteiger partial charge in [-0.15, -0.1) is 11.3 Å². The summed E-state index contributed by atoms with van der Waals surface area (Å²) in [7, 11) is 0. The van der Waals surface area contributed by atoms with Gasteiger partial charge in [-0.25, -0.2) is 0 Å². The van der Waals surface area contributed by atoms with E-state index in [1.54, 1.807) is 0 Å². The van der Waals surface area contributed by atoms with E-state index in [0.717, 1.165) is 67.0 Å². The summed E-state index contributed by atoms with van der Waals surface area (Å²) in [4.78, 5) is 2.43. The molecule has 2 nitrogen and oxygen atoms in total. The fourth-order valence-electron chi connectivity index (χ4n) is 10.1. The highest BCUT2D eigenvalue weighted by atomic mass is 32.1. The molecule has 314 valence electrons. The number of rotatable bonds is 8. The normalized spacial score (nSPS) is 11.6. The van der Waals surface area contributed by atoms with Crippen LogP contribution >= 0.6 is 11.3 Å². The molecule has 0 radical (unpaired) electrons. The van der Waals surface area contributed by atoms with Crippen molar-refractivity contribution in [3.8, 4) is 55.8 Å². The molecule has 0 amide bonds. The Labute approximate surface area is 392 Å². The molecule has 0 aliphatic rings. The zero-order valence-corrected chi connectivity index (χ0v) is 37.3. The predicted octanol–water partition coefficient (Wildman–Crippen LogP) is 18.9. The Bertz CT molecular complexity index is 3930. The fourth-order valence-corrected chi connectivity index (χ4v) is 11.5. The molecule has 0 fully saturated rings. The first-order valence-corrected chi connectivity index (χ1v) is 23.6. The van der Waals surface area contributed by atoms with E-state index >= 15 is 0 Å². The zero-order valence-electron chi connectivity index (χ0n) is 36.4. The number of hydrogen-bond acceptors (Lipinski definition) is 3. The number of hydrogen-bond donors (Lipinski definition) is 0. The van der Waals surface area contributed by atoms with Gasteiger partial charge in [0.05, 0.1) is 10.4 Å². The third-order valence-corrected chi connectivity index (χ3v) is 14.6. The van der Waals surface area contributed by atoms with Crippen LogP contribution in [0.4, 0.5) is 17.1 Å². The Morgan fingerprint density at radius 3 is 1.45 bits per heavy atom. The summed E-state index contributed by atoms with van der Waals surface area (Å²) < 4.78 is 9.59. The van der Waals surface area contributed by atoms with E-state index < -0.39 is 0 Å². The molecule has 13 rings (SSSR count). The van der Waals surface area contributed by atoms with Crippen LogP contribution in [0.3, 0.4) is 0 Å². The van der Waals surface area contributed by atoms with Gasteiger partial charge in [0.15, 0.2) is 0 Å². The van der Waals surface area contributed by atoms with E-state index in [1.807, 2.05) is 11.3 Å². The van der Waals surface area contributed by atoms with Gasteiger partial charge in [-0.3, -0.25) is 0 Å². The lowest BCUT2D eigenvalue weighted by molar-refractivity contribution is 0.636. The van der Waals surface area contributed by atoms with Crippen LogP contribution in [0.15, 0.2) is 253 Å². The first-order chi connectivity index (χ1) is 33.2. The third-order valence-electron chi connectivity index (χ3n) is 13.3. The second kappa shape index (κ2) is 16.2. The molecule has 2 aromatic heterocycles. The predicted molar refractivity (Wildman–Crippen MR) is 286 cm³/mol. The third kappa shape index (κ3) is 6.63. The molecule has 0 unspecified atom stereocenters. The molecule has 0 aliphatic heterocycles. The maximum absolute atomic E-state index is 7.04. The number of anilines is 3. The molecule has 0 bridgehead atoms. The average Bonchev–Trinajstić information content (AvgIpc) is 4.01. The molecule has 0 aliphatic carbocycles. The highest BCUT2D eigenvalue weighted by Gasteiger charge is 2.24. The summed E-state index contributed by atoms with van der Waals surface area (Å²) >= 11 is 1.88. The quantitative estimate of drug-likeness (QED) is 0.141. The van der Waals surface area contributed by atoms with Crippen LogP contribution in [0.25, 0.3) is 109 Å². The molecule has 11 aromatic carbocycles. The minimum absolute atomic E-state index is 0.885. The number of furan rings is 1. The molecular formula is C64H41NOS. The molecular weight excluding hydrogens is 831 g/mol.